The van der Waals surface area contributed by atoms with E-state index in [-0.39, 0.29) is 0 Å². The number of quaternary nitrogens is 1. The predicted octanol–water partition coefficient (Wildman–Crippen LogP) is 3.47. The maximum atomic E-state index is 2.87. The molecule has 2 aliphatic carbocycles. The lowest BCUT2D eigenvalue weighted by Gasteiger charge is -2.32. The van der Waals surface area contributed by atoms with Crippen LogP contribution in [0.2, 0.25) is 0 Å². The summed E-state index contributed by atoms with van der Waals surface area (Å²) in [6.07, 6.45) is 15.6. The summed E-state index contributed by atoms with van der Waals surface area (Å²) in [5.74, 6) is 2.00. The average molecular weight is 308 g/mol. The first-order valence-corrected chi connectivity index (χ1v) is 10.3. The Hall–Kier alpha value is -0.0800. The van der Waals surface area contributed by atoms with Crippen LogP contribution >= 0.6 is 0 Å². The lowest BCUT2D eigenvalue weighted by Crippen LogP contribution is -3.18. The Balaban J connectivity index is 1.57. The van der Waals surface area contributed by atoms with Crippen LogP contribution in [0.3, 0.4) is 0 Å². The van der Waals surface area contributed by atoms with Crippen LogP contribution in [0.4, 0.5) is 0 Å². The molecule has 0 radical (unpaired) electrons. The zero-order chi connectivity index (χ0) is 15.5. The van der Waals surface area contributed by atoms with Crippen molar-refractivity contribution < 1.29 is 4.90 Å². The van der Waals surface area contributed by atoms with Gasteiger partial charge in [-0.1, -0.05) is 38.5 Å². The van der Waals surface area contributed by atoms with E-state index in [0.29, 0.717) is 0 Å². The number of hydrogen-bond donors (Lipinski definition) is 1. The van der Waals surface area contributed by atoms with E-state index in [0.717, 1.165) is 30.1 Å². The lowest BCUT2D eigenvalue weighted by molar-refractivity contribution is -0.941. The van der Waals surface area contributed by atoms with Crippen LogP contribution in [0.1, 0.15) is 85.0 Å². The molecule has 0 aromatic carbocycles. The molecular weight excluding hydrogens is 268 g/mol. The summed E-state index contributed by atoms with van der Waals surface area (Å²) in [5, 5.41) is 0. The molecule has 0 aromatic heterocycles. The van der Waals surface area contributed by atoms with Crippen molar-refractivity contribution >= 4 is 0 Å². The zero-order valence-electron chi connectivity index (χ0n) is 15.3. The third-order valence-electron chi connectivity index (χ3n) is 7.31. The first-order chi connectivity index (χ1) is 10.7. The first kappa shape index (κ1) is 16.8. The summed E-state index contributed by atoms with van der Waals surface area (Å²) < 4.78 is 0. The minimum Gasteiger partial charge on any atom is -0.316 e. The van der Waals surface area contributed by atoms with Crippen molar-refractivity contribution in [1.29, 1.82) is 0 Å². The first-order valence-electron chi connectivity index (χ1n) is 10.3. The van der Waals surface area contributed by atoms with E-state index in [4.69, 9.17) is 0 Å². The molecule has 1 N–H and O–H groups in total. The Labute approximate surface area is 138 Å². The lowest BCUT2D eigenvalue weighted by atomic mass is 9.88. The molecule has 3 rings (SSSR count). The molecule has 0 bridgehead atoms. The van der Waals surface area contributed by atoms with Crippen LogP contribution in [0.5, 0.6) is 0 Å². The topological polar surface area (TPSA) is 7.68 Å². The van der Waals surface area contributed by atoms with Crippen LogP contribution in [-0.4, -0.2) is 36.2 Å². The van der Waals surface area contributed by atoms with Gasteiger partial charge in [-0.15, -0.1) is 0 Å². The van der Waals surface area contributed by atoms with E-state index in [1.165, 1.54) is 77.3 Å². The Morgan fingerprint density at radius 3 is 1.91 bits per heavy atom. The second kappa shape index (κ2) is 7.66. The molecule has 4 unspecified atom stereocenters. The molecule has 1 saturated heterocycles. The summed E-state index contributed by atoms with van der Waals surface area (Å²) in [4.78, 5) is 4.77. The second-order valence-corrected chi connectivity index (χ2v) is 8.69. The Kier molecular flexibility index (Phi) is 5.84. The summed E-state index contributed by atoms with van der Waals surface area (Å²) in [6, 6.07) is 1.59. The molecule has 0 spiro atoms. The Morgan fingerprint density at radius 2 is 1.32 bits per heavy atom. The highest BCUT2D eigenvalue weighted by molar-refractivity contribution is 4.83. The monoisotopic (exact) mass is 307 g/mol. The molecule has 128 valence electrons. The highest BCUT2D eigenvalue weighted by Crippen LogP contribution is 2.27. The van der Waals surface area contributed by atoms with Crippen LogP contribution in [0.15, 0.2) is 0 Å². The SMILES string of the molecule is CC1C(C)[NH+](CC2CCCCC2)C(C)N1CC1CCCCC1. The van der Waals surface area contributed by atoms with Crippen LogP contribution in [-0.2, 0) is 0 Å². The van der Waals surface area contributed by atoms with Crippen molar-refractivity contribution in [3.63, 3.8) is 0 Å². The van der Waals surface area contributed by atoms with E-state index in [1.807, 2.05) is 4.90 Å². The van der Waals surface area contributed by atoms with Gasteiger partial charge in [-0.25, -0.2) is 4.90 Å². The molecule has 3 aliphatic rings. The molecule has 2 heteroatoms. The molecule has 4 atom stereocenters. The fourth-order valence-electron chi connectivity index (χ4n) is 5.62. The van der Waals surface area contributed by atoms with Gasteiger partial charge in [0.1, 0.15) is 12.2 Å². The van der Waals surface area contributed by atoms with E-state index in [9.17, 15) is 0 Å². The van der Waals surface area contributed by atoms with Gasteiger partial charge in [-0.2, -0.15) is 0 Å². The van der Waals surface area contributed by atoms with Gasteiger partial charge in [-0.05, 0) is 45.4 Å². The number of hydrogen-bond acceptors (Lipinski definition) is 1. The van der Waals surface area contributed by atoms with Crippen LogP contribution in [0, 0.1) is 11.8 Å². The minimum atomic E-state index is 0.744. The number of nitrogens with one attached hydrogen (secondary N) is 1. The highest BCUT2D eigenvalue weighted by atomic mass is 15.4. The largest absolute Gasteiger partial charge is 0.316 e. The van der Waals surface area contributed by atoms with Crippen molar-refractivity contribution in [3.05, 3.63) is 0 Å². The predicted molar refractivity (Wildman–Crippen MR) is 94.1 cm³/mol. The van der Waals surface area contributed by atoms with Gasteiger partial charge in [0.15, 0.2) is 0 Å². The van der Waals surface area contributed by atoms with E-state index in [1.54, 1.807) is 0 Å². The summed E-state index contributed by atoms with van der Waals surface area (Å²) in [7, 11) is 0. The van der Waals surface area contributed by atoms with Crippen molar-refractivity contribution in [2.75, 3.05) is 13.1 Å². The van der Waals surface area contributed by atoms with E-state index >= 15 is 0 Å². The van der Waals surface area contributed by atoms with Crippen molar-refractivity contribution in [1.82, 2.24) is 4.90 Å². The molecule has 0 aromatic rings. The molecule has 2 saturated carbocycles. The standard InChI is InChI=1S/C20H38N2/c1-16-17(2)22(15-20-12-8-5-9-13-20)18(3)21(16)14-19-10-6-4-7-11-19/h16-20H,4-15H2,1-3H3/p+1. The normalized spacial score (nSPS) is 39.4. The molecule has 0 amide bonds. The highest BCUT2D eigenvalue weighted by Gasteiger charge is 2.45. The van der Waals surface area contributed by atoms with Gasteiger partial charge in [0, 0.05) is 19.4 Å². The minimum absolute atomic E-state index is 0.744. The fourth-order valence-corrected chi connectivity index (χ4v) is 5.62. The third kappa shape index (κ3) is 3.70. The number of nitrogens with zero attached hydrogens (tertiary/aromatic N) is 1. The molecular formula is C20H39N2+. The molecule has 2 nitrogen and oxygen atoms in total. The van der Waals surface area contributed by atoms with Crippen LogP contribution in [0.25, 0.3) is 0 Å². The smallest absolute Gasteiger partial charge is 0.141 e. The Bertz CT molecular complexity index is 299. The summed E-state index contributed by atoms with van der Waals surface area (Å²) >= 11 is 0. The summed E-state index contributed by atoms with van der Waals surface area (Å²) in [6.45, 7) is 10.3. The third-order valence-corrected chi connectivity index (χ3v) is 7.31. The van der Waals surface area contributed by atoms with Crippen molar-refractivity contribution in [2.24, 2.45) is 11.8 Å². The van der Waals surface area contributed by atoms with Gasteiger partial charge in [0.05, 0.1) is 12.6 Å². The molecule has 3 fully saturated rings. The zero-order valence-corrected chi connectivity index (χ0v) is 15.3. The average Bonchev–Trinajstić information content (AvgIpc) is 2.75. The molecule has 22 heavy (non-hydrogen) atoms. The van der Waals surface area contributed by atoms with Crippen LogP contribution < -0.4 is 4.90 Å². The Morgan fingerprint density at radius 1 is 0.773 bits per heavy atom. The van der Waals surface area contributed by atoms with Gasteiger partial charge >= 0.3 is 0 Å². The van der Waals surface area contributed by atoms with Gasteiger partial charge in [0.2, 0.25) is 0 Å². The fraction of sp³-hybridized carbons (Fsp3) is 1.00. The second-order valence-electron chi connectivity index (χ2n) is 8.69. The summed E-state index contributed by atoms with van der Waals surface area (Å²) in [5.41, 5.74) is 0. The quantitative estimate of drug-likeness (QED) is 0.835. The van der Waals surface area contributed by atoms with Crippen molar-refractivity contribution in [3.8, 4) is 0 Å². The maximum Gasteiger partial charge on any atom is 0.141 e. The van der Waals surface area contributed by atoms with Gasteiger partial charge in [-0.3, -0.25) is 0 Å². The van der Waals surface area contributed by atoms with E-state index < -0.39 is 0 Å². The molecule has 1 heterocycles. The van der Waals surface area contributed by atoms with Gasteiger partial charge in [0.25, 0.3) is 0 Å². The van der Waals surface area contributed by atoms with Crippen molar-refractivity contribution in [2.45, 2.75) is 103 Å². The number of rotatable bonds is 4. The molecule has 1 aliphatic heterocycles. The maximum absolute atomic E-state index is 2.87. The van der Waals surface area contributed by atoms with Gasteiger partial charge < -0.3 is 4.90 Å². The van der Waals surface area contributed by atoms with E-state index in [2.05, 4.69) is 25.7 Å².